The highest BCUT2D eigenvalue weighted by atomic mass is 35.5. The van der Waals surface area contributed by atoms with E-state index in [0.717, 1.165) is 10.8 Å². The molecule has 0 bridgehead atoms. The summed E-state index contributed by atoms with van der Waals surface area (Å²) in [6, 6.07) is 13.8. The van der Waals surface area contributed by atoms with E-state index < -0.39 is 0 Å². The van der Waals surface area contributed by atoms with Crippen LogP contribution in [0.25, 0.3) is 10.8 Å². The molecule has 2 aromatic carbocycles. The van der Waals surface area contributed by atoms with Crippen molar-refractivity contribution in [3.8, 4) is 11.6 Å². The zero-order chi connectivity index (χ0) is 13.2. The number of fused-ring (bicyclic) bond motifs is 1. The lowest BCUT2D eigenvalue weighted by atomic mass is 10.1. The van der Waals surface area contributed by atoms with Crippen molar-refractivity contribution in [3.63, 3.8) is 0 Å². The number of hydrogen-bond acceptors (Lipinski definition) is 4. The molecule has 5 heteroatoms. The average Bonchev–Trinajstić information content (AvgIpc) is 2.44. The van der Waals surface area contributed by atoms with Gasteiger partial charge in [0.2, 0.25) is 5.88 Å². The molecule has 4 nitrogen and oxygen atoms in total. The topological polar surface area (TPSA) is 61.0 Å². The zero-order valence-electron chi connectivity index (χ0n) is 9.88. The number of nitrogens with two attached hydrogens (primary N) is 1. The maximum atomic E-state index is 5.99. The Morgan fingerprint density at radius 1 is 1.00 bits per heavy atom. The minimum Gasteiger partial charge on any atom is -0.437 e. The summed E-state index contributed by atoms with van der Waals surface area (Å²) in [5.41, 5.74) is 5.60. The van der Waals surface area contributed by atoms with Crippen molar-refractivity contribution in [2.75, 3.05) is 5.73 Å². The number of benzene rings is 2. The van der Waals surface area contributed by atoms with Crippen molar-refractivity contribution < 1.29 is 4.74 Å². The lowest BCUT2D eigenvalue weighted by Gasteiger charge is -2.07. The molecule has 2 N–H and O–H groups in total. The third kappa shape index (κ3) is 2.30. The van der Waals surface area contributed by atoms with Gasteiger partial charge in [0.15, 0.2) is 0 Å². The number of ether oxygens (including phenoxy) is 1. The Morgan fingerprint density at radius 3 is 2.63 bits per heavy atom. The molecule has 3 rings (SSSR count). The van der Waals surface area contributed by atoms with Crippen LogP contribution in [0.3, 0.4) is 0 Å². The van der Waals surface area contributed by atoms with Gasteiger partial charge in [-0.15, -0.1) is 0 Å². The summed E-state index contributed by atoms with van der Waals surface area (Å²) in [4.78, 5) is 7.75. The van der Waals surface area contributed by atoms with Crippen LogP contribution in [0, 0.1) is 0 Å². The number of halogens is 1. The van der Waals surface area contributed by atoms with Crippen LogP contribution >= 0.6 is 11.6 Å². The van der Waals surface area contributed by atoms with Crippen molar-refractivity contribution >= 4 is 28.2 Å². The van der Waals surface area contributed by atoms with Crippen LogP contribution in [0.1, 0.15) is 0 Å². The van der Waals surface area contributed by atoms with E-state index in [0.29, 0.717) is 5.75 Å². The van der Waals surface area contributed by atoms with E-state index in [1.54, 1.807) is 0 Å². The second-order valence-corrected chi connectivity index (χ2v) is 4.37. The van der Waals surface area contributed by atoms with Crippen LogP contribution in [0.5, 0.6) is 11.6 Å². The molecule has 0 aliphatic carbocycles. The second kappa shape index (κ2) is 4.74. The van der Waals surface area contributed by atoms with Gasteiger partial charge in [-0.25, -0.2) is 4.98 Å². The molecule has 0 atom stereocenters. The zero-order valence-corrected chi connectivity index (χ0v) is 10.6. The molecule has 0 aliphatic rings. The quantitative estimate of drug-likeness (QED) is 0.773. The molecule has 19 heavy (non-hydrogen) atoms. The van der Waals surface area contributed by atoms with Gasteiger partial charge >= 0.3 is 0 Å². The predicted octanol–water partition coefficient (Wildman–Crippen LogP) is 3.66. The Hall–Kier alpha value is -2.33. The first-order valence-electron chi connectivity index (χ1n) is 5.66. The number of nitrogens with zero attached hydrogens (tertiary/aromatic N) is 2. The molecule has 0 unspecified atom stereocenters. The first-order valence-corrected chi connectivity index (χ1v) is 6.04. The van der Waals surface area contributed by atoms with Gasteiger partial charge in [-0.1, -0.05) is 41.9 Å². The number of aromatic nitrogens is 2. The first kappa shape index (κ1) is 11.7. The fourth-order valence-electron chi connectivity index (χ4n) is 1.78. The van der Waals surface area contributed by atoms with Gasteiger partial charge in [0.05, 0.1) is 0 Å². The van der Waals surface area contributed by atoms with Crippen LogP contribution in [-0.4, -0.2) is 9.97 Å². The van der Waals surface area contributed by atoms with E-state index in [4.69, 9.17) is 22.1 Å². The SMILES string of the molecule is Nc1ncnc(Oc2ccc3ccccc3c2)c1Cl. The summed E-state index contributed by atoms with van der Waals surface area (Å²) < 4.78 is 5.64. The van der Waals surface area contributed by atoms with E-state index in [2.05, 4.69) is 9.97 Å². The first-order chi connectivity index (χ1) is 9.24. The minimum absolute atomic E-state index is 0.201. The van der Waals surface area contributed by atoms with Gasteiger partial charge < -0.3 is 10.5 Å². The number of nitrogen functional groups attached to an aromatic ring is 1. The normalized spacial score (nSPS) is 10.6. The number of rotatable bonds is 2. The highest BCUT2D eigenvalue weighted by Gasteiger charge is 2.09. The fraction of sp³-hybridized carbons (Fsp3) is 0. The largest absolute Gasteiger partial charge is 0.437 e. The van der Waals surface area contributed by atoms with E-state index in [1.807, 2.05) is 42.5 Å². The molecule has 1 heterocycles. The van der Waals surface area contributed by atoms with Crippen LogP contribution in [-0.2, 0) is 0 Å². The molecule has 0 saturated heterocycles. The Balaban J connectivity index is 1.99. The summed E-state index contributed by atoms with van der Waals surface area (Å²) in [7, 11) is 0. The molecule has 0 radical (unpaired) electrons. The fourth-order valence-corrected chi connectivity index (χ4v) is 1.92. The molecular weight excluding hydrogens is 262 g/mol. The molecule has 0 fully saturated rings. The van der Waals surface area contributed by atoms with Crippen LogP contribution in [0.4, 0.5) is 5.82 Å². The van der Waals surface area contributed by atoms with Crippen LogP contribution in [0.2, 0.25) is 5.02 Å². The Kier molecular flexibility index (Phi) is 2.93. The summed E-state index contributed by atoms with van der Waals surface area (Å²) in [5.74, 6) is 1.11. The monoisotopic (exact) mass is 271 g/mol. The maximum Gasteiger partial charge on any atom is 0.243 e. The van der Waals surface area contributed by atoms with Gasteiger partial charge in [-0.3, -0.25) is 0 Å². The van der Waals surface area contributed by atoms with Crippen molar-refractivity contribution in [1.82, 2.24) is 9.97 Å². The standard InChI is InChI=1S/C14H10ClN3O/c15-12-13(16)17-8-18-14(12)19-11-6-5-9-3-1-2-4-10(9)7-11/h1-8H,(H2,16,17,18). The van der Waals surface area contributed by atoms with E-state index in [-0.39, 0.29) is 16.7 Å². The smallest absolute Gasteiger partial charge is 0.243 e. The van der Waals surface area contributed by atoms with Gasteiger partial charge in [0.1, 0.15) is 22.9 Å². The molecule has 0 aliphatic heterocycles. The number of hydrogen-bond donors (Lipinski definition) is 1. The van der Waals surface area contributed by atoms with E-state index in [1.165, 1.54) is 6.33 Å². The maximum absolute atomic E-state index is 5.99. The Bertz CT molecular complexity index is 746. The van der Waals surface area contributed by atoms with Crippen LogP contribution in [0.15, 0.2) is 48.8 Å². The minimum atomic E-state index is 0.201. The predicted molar refractivity (Wildman–Crippen MR) is 75.5 cm³/mol. The molecule has 0 amide bonds. The van der Waals surface area contributed by atoms with Crippen molar-refractivity contribution in [1.29, 1.82) is 0 Å². The summed E-state index contributed by atoms with van der Waals surface area (Å²) >= 11 is 5.99. The second-order valence-electron chi connectivity index (χ2n) is 3.99. The van der Waals surface area contributed by atoms with Crippen molar-refractivity contribution in [2.45, 2.75) is 0 Å². The molecular formula is C14H10ClN3O. The lowest BCUT2D eigenvalue weighted by molar-refractivity contribution is 0.463. The van der Waals surface area contributed by atoms with E-state index >= 15 is 0 Å². The summed E-state index contributed by atoms with van der Waals surface area (Å²) in [5, 5.41) is 2.44. The highest BCUT2D eigenvalue weighted by Crippen LogP contribution is 2.31. The summed E-state index contributed by atoms with van der Waals surface area (Å²) in [6.45, 7) is 0. The third-order valence-corrected chi connectivity index (χ3v) is 3.08. The molecule has 94 valence electrons. The molecule has 1 aromatic heterocycles. The van der Waals surface area contributed by atoms with Crippen molar-refractivity contribution in [3.05, 3.63) is 53.8 Å². The summed E-state index contributed by atoms with van der Waals surface area (Å²) in [6.07, 6.45) is 1.32. The lowest BCUT2D eigenvalue weighted by Crippen LogP contribution is -1.96. The number of anilines is 1. The molecule has 0 saturated carbocycles. The van der Waals surface area contributed by atoms with Gasteiger partial charge in [-0.05, 0) is 22.9 Å². The van der Waals surface area contributed by atoms with E-state index in [9.17, 15) is 0 Å². The Morgan fingerprint density at radius 2 is 1.79 bits per heavy atom. The Labute approximate surface area is 114 Å². The molecule has 0 spiro atoms. The van der Waals surface area contributed by atoms with Crippen molar-refractivity contribution in [2.24, 2.45) is 0 Å². The van der Waals surface area contributed by atoms with Gasteiger partial charge in [-0.2, -0.15) is 4.98 Å². The van der Waals surface area contributed by atoms with Gasteiger partial charge in [0.25, 0.3) is 0 Å². The van der Waals surface area contributed by atoms with Crippen LogP contribution < -0.4 is 10.5 Å². The van der Waals surface area contributed by atoms with Gasteiger partial charge in [0, 0.05) is 0 Å². The third-order valence-electron chi connectivity index (χ3n) is 2.72. The average molecular weight is 272 g/mol. The molecule has 3 aromatic rings. The highest BCUT2D eigenvalue weighted by molar-refractivity contribution is 6.34.